The van der Waals surface area contributed by atoms with Gasteiger partial charge < -0.3 is 13.9 Å². The average molecular weight is 314 g/mol. The van der Waals surface area contributed by atoms with Gasteiger partial charge in [0.1, 0.15) is 5.76 Å². The molecule has 0 fully saturated rings. The maximum atomic E-state index is 11.6. The van der Waals surface area contributed by atoms with Crippen molar-refractivity contribution in [3.8, 4) is 0 Å². The lowest BCUT2D eigenvalue weighted by Crippen LogP contribution is -2.45. The first-order valence-electron chi connectivity index (χ1n) is 7.56. The first-order valence-corrected chi connectivity index (χ1v) is 10.5. The van der Waals surface area contributed by atoms with Gasteiger partial charge in [-0.05, 0) is 25.1 Å². The molecule has 0 N–H and O–H groups in total. The van der Waals surface area contributed by atoms with Gasteiger partial charge in [0.05, 0.1) is 12.2 Å². The molecule has 5 heteroatoms. The Kier molecular flexibility index (Phi) is 5.00. The van der Waals surface area contributed by atoms with Gasteiger partial charge in [0.2, 0.25) is 5.79 Å². The van der Waals surface area contributed by atoms with Crippen molar-refractivity contribution in [3.05, 3.63) is 11.8 Å². The van der Waals surface area contributed by atoms with Crippen LogP contribution in [0.4, 0.5) is 0 Å². The van der Waals surface area contributed by atoms with Crippen LogP contribution in [-0.4, -0.2) is 26.2 Å². The highest BCUT2D eigenvalue weighted by molar-refractivity contribution is 6.74. The smallest absolute Gasteiger partial charge is 0.337 e. The fraction of sp³-hybridized carbons (Fsp3) is 0.812. The Bertz CT molecular complexity index is 432. The highest BCUT2D eigenvalue weighted by atomic mass is 28.4. The first kappa shape index (κ1) is 18.2. The molecule has 0 aromatic rings. The van der Waals surface area contributed by atoms with Crippen molar-refractivity contribution >= 4 is 14.3 Å². The van der Waals surface area contributed by atoms with Gasteiger partial charge in [0, 0.05) is 19.8 Å². The summed E-state index contributed by atoms with van der Waals surface area (Å²) in [5, 5.41) is 0.154. The van der Waals surface area contributed by atoms with Gasteiger partial charge in [0.15, 0.2) is 8.32 Å². The van der Waals surface area contributed by atoms with Crippen molar-refractivity contribution in [1.29, 1.82) is 0 Å². The van der Waals surface area contributed by atoms with E-state index in [0.717, 1.165) is 0 Å². The fourth-order valence-electron chi connectivity index (χ4n) is 1.92. The lowest BCUT2D eigenvalue weighted by Gasteiger charge is -2.41. The number of cyclic esters (lactones) is 1. The summed E-state index contributed by atoms with van der Waals surface area (Å²) in [6.07, 6.45) is 1.42. The summed E-state index contributed by atoms with van der Waals surface area (Å²) in [6.45, 7) is 18.7. The monoisotopic (exact) mass is 314 g/mol. The summed E-state index contributed by atoms with van der Waals surface area (Å²) in [5.41, 5.74) is 0. The minimum Gasteiger partial charge on any atom is -0.457 e. The number of hydrogen-bond donors (Lipinski definition) is 0. The van der Waals surface area contributed by atoms with E-state index >= 15 is 0 Å². The van der Waals surface area contributed by atoms with E-state index in [1.54, 1.807) is 13.8 Å². The van der Waals surface area contributed by atoms with E-state index < -0.39 is 14.1 Å². The Morgan fingerprint density at radius 1 is 1.19 bits per heavy atom. The van der Waals surface area contributed by atoms with Gasteiger partial charge in [-0.3, -0.25) is 0 Å². The van der Waals surface area contributed by atoms with Crippen LogP contribution in [0.1, 0.15) is 48.5 Å². The van der Waals surface area contributed by atoms with Gasteiger partial charge in [-0.1, -0.05) is 27.7 Å². The van der Waals surface area contributed by atoms with Crippen LogP contribution in [0, 0.1) is 5.92 Å². The normalized spacial score (nSPS) is 22.0. The summed E-state index contributed by atoms with van der Waals surface area (Å²) in [6, 6.07) is 0. The second-order valence-electron chi connectivity index (χ2n) is 7.84. The number of ether oxygens (including phenoxy) is 2. The molecule has 0 spiro atoms. The molecule has 0 radical (unpaired) electrons. The number of esters is 1. The summed E-state index contributed by atoms with van der Waals surface area (Å²) in [5.74, 6) is -0.618. The Morgan fingerprint density at radius 2 is 1.71 bits per heavy atom. The van der Waals surface area contributed by atoms with Crippen molar-refractivity contribution in [2.75, 3.05) is 0 Å². The standard InChI is InChI=1S/C16H30O4Si/c1-11(12(2)20-21(8,9)15(3,4)5)13-10-14(17)19-16(6,7)18-13/h10-12H,1-9H3/t11-,12-/m1/s1. The summed E-state index contributed by atoms with van der Waals surface area (Å²) in [4.78, 5) is 11.6. The van der Waals surface area contributed by atoms with E-state index in [1.807, 2.05) is 13.8 Å². The molecule has 21 heavy (non-hydrogen) atoms. The van der Waals surface area contributed by atoms with Gasteiger partial charge in [-0.15, -0.1) is 0 Å². The van der Waals surface area contributed by atoms with E-state index in [2.05, 4.69) is 33.9 Å². The molecule has 1 aliphatic rings. The minimum atomic E-state index is -1.85. The third kappa shape index (κ3) is 4.58. The van der Waals surface area contributed by atoms with Gasteiger partial charge in [-0.25, -0.2) is 4.79 Å². The Balaban J connectivity index is 2.84. The van der Waals surface area contributed by atoms with E-state index in [4.69, 9.17) is 13.9 Å². The van der Waals surface area contributed by atoms with Gasteiger partial charge >= 0.3 is 5.97 Å². The van der Waals surface area contributed by atoms with Crippen LogP contribution in [0.25, 0.3) is 0 Å². The third-order valence-corrected chi connectivity index (χ3v) is 8.98. The molecule has 2 atom stereocenters. The van der Waals surface area contributed by atoms with Crippen molar-refractivity contribution in [1.82, 2.24) is 0 Å². The Labute approximate surface area is 130 Å². The molecule has 0 aliphatic carbocycles. The van der Waals surface area contributed by atoms with Crippen LogP contribution < -0.4 is 0 Å². The predicted molar refractivity (Wildman–Crippen MR) is 86.2 cm³/mol. The zero-order valence-electron chi connectivity index (χ0n) is 14.9. The number of carbonyl (C=O) groups excluding carboxylic acids is 1. The third-order valence-electron chi connectivity index (χ3n) is 4.41. The quantitative estimate of drug-likeness (QED) is 0.575. The van der Waals surface area contributed by atoms with Crippen LogP contribution in [-0.2, 0) is 18.7 Å². The largest absolute Gasteiger partial charge is 0.457 e. The van der Waals surface area contributed by atoms with E-state index in [1.165, 1.54) is 6.08 Å². The molecule has 0 aromatic heterocycles. The van der Waals surface area contributed by atoms with Crippen molar-refractivity contribution in [2.45, 2.75) is 78.5 Å². The molecule has 0 amide bonds. The SMILES string of the molecule is C[C@@H](O[Si](C)(C)C(C)(C)C)[C@@H](C)C1=CC(=O)OC(C)(C)O1. The fourth-order valence-corrected chi connectivity index (χ4v) is 3.41. The van der Waals surface area contributed by atoms with Crippen LogP contribution in [0.2, 0.25) is 18.1 Å². The molecular formula is C16H30O4Si. The lowest BCUT2D eigenvalue weighted by molar-refractivity contribution is -0.209. The van der Waals surface area contributed by atoms with Gasteiger partial charge in [0.25, 0.3) is 0 Å². The first-order chi connectivity index (χ1) is 9.25. The topological polar surface area (TPSA) is 44.8 Å². The van der Waals surface area contributed by atoms with E-state index in [-0.39, 0.29) is 23.0 Å². The minimum absolute atomic E-state index is 0.00579. The molecule has 0 saturated carbocycles. The molecule has 1 rings (SSSR count). The van der Waals surface area contributed by atoms with Crippen molar-refractivity contribution in [3.63, 3.8) is 0 Å². The highest BCUT2D eigenvalue weighted by Gasteiger charge is 2.41. The maximum Gasteiger partial charge on any atom is 0.337 e. The summed E-state index contributed by atoms with van der Waals surface area (Å²) >= 11 is 0. The second kappa shape index (κ2) is 5.76. The second-order valence-corrected chi connectivity index (χ2v) is 12.6. The van der Waals surface area contributed by atoms with Crippen LogP contribution in [0.5, 0.6) is 0 Å². The van der Waals surface area contributed by atoms with Gasteiger partial charge in [-0.2, -0.15) is 0 Å². The number of carbonyl (C=O) groups is 1. The molecule has 122 valence electrons. The number of rotatable bonds is 4. The Morgan fingerprint density at radius 3 is 2.14 bits per heavy atom. The summed E-state index contributed by atoms with van der Waals surface area (Å²) < 4.78 is 17.3. The average Bonchev–Trinajstić information content (AvgIpc) is 2.22. The molecule has 1 heterocycles. The van der Waals surface area contributed by atoms with Crippen LogP contribution in [0.3, 0.4) is 0 Å². The molecular weight excluding hydrogens is 284 g/mol. The predicted octanol–water partition coefficient (Wildman–Crippen LogP) is 4.23. The highest BCUT2D eigenvalue weighted by Crippen LogP contribution is 2.39. The van der Waals surface area contributed by atoms with Crippen molar-refractivity contribution < 1.29 is 18.7 Å². The zero-order valence-corrected chi connectivity index (χ0v) is 15.9. The molecule has 0 aromatic carbocycles. The molecule has 0 bridgehead atoms. The Hall–Kier alpha value is -0.813. The van der Waals surface area contributed by atoms with Crippen LogP contribution >= 0.6 is 0 Å². The molecule has 0 unspecified atom stereocenters. The molecule has 4 nitrogen and oxygen atoms in total. The van der Waals surface area contributed by atoms with E-state index in [0.29, 0.717) is 5.76 Å². The summed E-state index contributed by atoms with van der Waals surface area (Å²) in [7, 11) is -1.85. The van der Waals surface area contributed by atoms with Crippen LogP contribution in [0.15, 0.2) is 11.8 Å². The molecule has 1 aliphatic heterocycles. The molecule has 0 saturated heterocycles. The maximum absolute atomic E-state index is 11.6. The van der Waals surface area contributed by atoms with Crippen molar-refractivity contribution in [2.24, 2.45) is 5.92 Å². The lowest BCUT2D eigenvalue weighted by atomic mass is 10.0. The number of hydrogen-bond acceptors (Lipinski definition) is 4. The van der Waals surface area contributed by atoms with E-state index in [9.17, 15) is 4.79 Å². The zero-order chi connectivity index (χ0) is 16.6.